The standard InChI is InChI=1S/C32H48N2O6Si/c1-30(2,3)40-28-22-16-21(22)24(27(36)33-20(17-38-29(33)37)15-19-13-11-10-12-14-19)26(35)25-23(18-41(9)31(4,5)6)39-32(7,8)34(25)28/h10-14,20-21,23-26,35,41H,15-18H2,1-9H3/t20-,21?,23?,24-,25-,26-,41?/m1/s1. The van der Waals surface area contributed by atoms with Crippen molar-refractivity contribution in [3.8, 4) is 0 Å². The first-order valence-corrected chi connectivity index (χ1v) is 17.7. The molecule has 7 atom stereocenters. The number of ether oxygens (including phenoxy) is 3. The first-order chi connectivity index (χ1) is 19.0. The molecule has 0 radical (unpaired) electrons. The van der Waals surface area contributed by atoms with E-state index in [1.54, 1.807) is 0 Å². The Hall–Kier alpha value is -2.36. The molecule has 1 saturated carbocycles. The van der Waals surface area contributed by atoms with E-state index in [1.165, 1.54) is 4.90 Å². The van der Waals surface area contributed by atoms with Crippen LogP contribution in [0.5, 0.6) is 0 Å². The van der Waals surface area contributed by atoms with Crippen molar-refractivity contribution in [1.82, 2.24) is 9.80 Å². The molecular formula is C32H48N2O6Si. The highest BCUT2D eigenvalue weighted by atomic mass is 28.3. The summed E-state index contributed by atoms with van der Waals surface area (Å²) in [6.45, 7) is 19.4. The topological polar surface area (TPSA) is 88.5 Å². The lowest BCUT2D eigenvalue weighted by atomic mass is 9.87. The van der Waals surface area contributed by atoms with Gasteiger partial charge in [0.25, 0.3) is 0 Å². The number of carbonyl (C=O) groups is 2. The average Bonchev–Trinajstić information content (AvgIpc) is 3.48. The molecule has 226 valence electrons. The van der Waals surface area contributed by atoms with Crippen molar-refractivity contribution in [3.63, 3.8) is 0 Å². The van der Waals surface area contributed by atoms with Gasteiger partial charge in [-0.05, 0) is 69.7 Å². The van der Waals surface area contributed by atoms with Crippen LogP contribution in [-0.4, -0.2) is 77.9 Å². The molecule has 5 rings (SSSR count). The smallest absolute Gasteiger partial charge is 0.416 e. The lowest BCUT2D eigenvalue weighted by Gasteiger charge is -2.41. The van der Waals surface area contributed by atoms with E-state index in [0.717, 1.165) is 23.1 Å². The largest absolute Gasteiger partial charge is 0.473 e. The SMILES string of the molecule is C[SiH](CC1OC(C)(C)N2C(OC(C)(C)C)=C3CC3[C@@H](C(=O)N3C(=O)OC[C@H]3Cc3ccccc3)[C@@H](O)[C@@H]12)C(C)(C)C. The zero-order valence-electron chi connectivity index (χ0n) is 26.1. The first kappa shape index (κ1) is 30.1. The second kappa shape index (κ2) is 10.4. The third kappa shape index (κ3) is 5.82. The maximum absolute atomic E-state index is 14.4. The van der Waals surface area contributed by atoms with Crippen LogP contribution in [0.15, 0.2) is 41.8 Å². The lowest BCUT2D eigenvalue weighted by Crippen LogP contribution is -2.55. The quantitative estimate of drug-likeness (QED) is 0.467. The summed E-state index contributed by atoms with van der Waals surface area (Å²) in [5.74, 6) is -0.610. The van der Waals surface area contributed by atoms with Gasteiger partial charge in [0.1, 0.15) is 17.9 Å². The van der Waals surface area contributed by atoms with E-state index in [1.807, 2.05) is 65.0 Å². The fourth-order valence-corrected chi connectivity index (χ4v) is 8.47. The zero-order chi connectivity index (χ0) is 30.1. The van der Waals surface area contributed by atoms with E-state index in [4.69, 9.17) is 14.2 Å². The molecule has 8 nitrogen and oxygen atoms in total. The Morgan fingerprint density at radius 3 is 2.41 bits per heavy atom. The fourth-order valence-electron chi connectivity index (χ4n) is 6.69. The molecule has 0 bridgehead atoms. The number of benzene rings is 1. The Morgan fingerprint density at radius 1 is 1.15 bits per heavy atom. The van der Waals surface area contributed by atoms with Gasteiger partial charge in [-0.15, -0.1) is 0 Å². The van der Waals surface area contributed by atoms with Crippen molar-refractivity contribution in [2.45, 2.75) is 121 Å². The van der Waals surface area contributed by atoms with Gasteiger partial charge >= 0.3 is 6.09 Å². The number of aliphatic hydroxyl groups is 1. The van der Waals surface area contributed by atoms with Crippen LogP contribution in [0.3, 0.4) is 0 Å². The maximum Gasteiger partial charge on any atom is 0.416 e. The van der Waals surface area contributed by atoms with Gasteiger partial charge < -0.3 is 24.2 Å². The van der Waals surface area contributed by atoms with Crippen molar-refractivity contribution in [2.75, 3.05) is 6.61 Å². The van der Waals surface area contributed by atoms with Crippen LogP contribution in [-0.2, 0) is 25.4 Å². The summed E-state index contributed by atoms with van der Waals surface area (Å²) in [5, 5.41) is 12.4. The summed E-state index contributed by atoms with van der Waals surface area (Å²) in [4.78, 5) is 30.8. The summed E-state index contributed by atoms with van der Waals surface area (Å²) >= 11 is 0. The van der Waals surface area contributed by atoms with Crippen molar-refractivity contribution < 1.29 is 28.9 Å². The third-order valence-corrected chi connectivity index (χ3v) is 13.5. The predicted molar refractivity (Wildman–Crippen MR) is 160 cm³/mol. The van der Waals surface area contributed by atoms with Crippen LogP contribution >= 0.6 is 0 Å². The van der Waals surface area contributed by atoms with Gasteiger partial charge in [-0.1, -0.05) is 57.7 Å². The van der Waals surface area contributed by atoms with Gasteiger partial charge in [0.05, 0.1) is 30.2 Å². The predicted octanol–water partition coefficient (Wildman–Crippen LogP) is 5.08. The molecule has 3 aliphatic heterocycles. The molecule has 0 aromatic heterocycles. The van der Waals surface area contributed by atoms with Crippen LogP contribution in [0.4, 0.5) is 4.79 Å². The third-order valence-electron chi connectivity index (χ3n) is 9.34. The van der Waals surface area contributed by atoms with Crippen molar-refractivity contribution in [2.24, 2.45) is 11.8 Å². The maximum atomic E-state index is 14.4. The highest BCUT2D eigenvalue weighted by Gasteiger charge is 2.63. The number of hydrogen-bond acceptors (Lipinski definition) is 7. The summed E-state index contributed by atoms with van der Waals surface area (Å²) in [7, 11) is -1.29. The Labute approximate surface area is 246 Å². The molecule has 41 heavy (non-hydrogen) atoms. The molecule has 3 heterocycles. The number of aliphatic hydroxyl groups excluding tert-OH is 1. The van der Waals surface area contributed by atoms with E-state index >= 15 is 0 Å². The Balaban J connectivity index is 1.53. The van der Waals surface area contributed by atoms with Crippen LogP contribution in [0, 0.1) is 11.8 Å². The second-order valence-electron chi connectivity index (χ2n) is 15.0. The second-order valence-corrected chi connectivity index (χ2v) is 19.0. The monoisotopic (exact) mass is 584 g/mol. The summed E-state index contributed by atoms with van der Waals surface area (Å²) in [6, 6.07) is 9.79. The number of nitrogens with zero attached hydrogens (tertiary/aromatic N) is 2. The fraction of sp³-hybridized carbons (Fsp3) is 0.688. The van der Waals surface area contributed by atoms with Crippen LogP contribution in [0.1, 0.15) is 67.4 Å². The van der Waals surface area contributed by atoms with E-state index in [9.17, 15) is 14.7 Å². The van der Waals surface area contributed by atoms with Gasteiger partial charge in [-0.2, -0.15) is 0 Å². The minimum atomic E-state index is -1.29. The van der Waals surface area contributed by atoms with Crippen molar-refractivity contribution in [3.05, 3.63) is 47.4 Å². The summed E-state index contributed by atoms with van der Waals surface area (Å²) < 4.78 is 18.8. The minimum absolute atomic E-state index is 0.150. The normalized spacial score (nSPS) is 31.8. The number of fused-ring (bicyclic) bond motifs is 2. The number of rotatable bonds is 6. The molecule has 2 amide bonds. The molecule has 4 aliphatic rings. The molecule has 0 spiro atoms. The van der Waals surface area contributed by atoms with E-state index in [-0.39, 0.29) is 29.6 Å². The molecule has 1 aromatic carbocycles. The minimum Gasteiger partial charge on any atom is -0.473 e. The van der Waals surface area contributed by atoms with Gasteiger partial charge in [0.2, 0.25) is 5.91 Å². The van der Waals surface area contributed by atoms with Crippen molar-refractivity contribution >= 4 is 20.8 Å². The summed E-state index contributed by atoms with van der Waals surface area (Å²) in [6.07, 6.45) is -0.781. The molecule has 3 fully saturated rings. The van der Waals surface area contributed by atoms with Crippen LogP contribution < -0.4 is 0 Å². The molecule has 1 aliphatic carbocycles. The summed E-state index contributed by atoms with van der Waals surface area (Å²) in [5.41, 5.74) is 0.839. The number of hydrogen-bond donors (Lipinski definition) is 1. The molecule has 3 unspecified atom stereocenters. The zero-order valence-corrected chi connectivity index (χ0v) is 27.3. The number of allylic oxidation sites excluding steroid dienone is 1. The van der Waals surface area contributed by atoms with Gasteiger partial charge in [0, 0.05) is 14.7 Å². The van der Waals surface area contributed by atoms with Crippen LogP contribution in [0.2, 0.25) is 17.6 Å². The van der Waals surface area contributed by atoms with Gasteiger partial charge in [-0.3, -0.25) is 4.79 Å². The van der Waals surface area contributed by atoms with Gasteiger partial charge in [0.15, 0.2) is 5.88 Å². The molecular weight excluding hydrogens is 536 g/mol. The molecule has 1 N–H and O–H groups in total. The molecule has 1 aromatic rings. The average molecular weight is 585 g/mol. The highest BCUT2D eigenvalue weighted by molar-refractivity contribution is 6.60. The molecule has 9 heteroatoms. The van der Waals surface area contributed by atoms with Gasteiger partial charge in [-0.25, -0.2) is 9.69 Å². The number of imide groups is 1. The number of amides is 2. The Bertz CT molecular complexity index is 1200. The Kier molecular flexibility index (Phi) is 7.65. The highest BCUT2D eigenvalue weighted by Crippen LogP contribution is 2.56. The number of carbonyl (C=O) groups excluding carboxylic acids is 2. The number of cyclic esters (lactones) is 1. The Morgan fingerprint density at radius 2 is 1.80 bits per heavy atom. The molecule has 2 saturated heterocycles. The first-order valence-electron chi connectivity index (χ1n) is 15.1. The van der Waals surface area contributed by atoms with E-state index in [2.05, 4.69) is 32.2 Å². The lowest BCUT2D eigenvalue weighted by molar-refractivity contribution is -0.140. The van der Waals surface area contributed by atoms with E-state index in [0.29, 0.717) is 12.8 Å². The van der Waals surface area contributed by atoms with Crippen LogP contribution in [0.25, 0.3) is 0 Å². The van der Waals surface area contributed by atoms with E-state index < -0.39 is 50.3 Å². The van der Waals surface area contributed by atoms with Crippen molar-refractivity contribution in [1.29, 1.82) is 0 Å².